The molecule has 1 aromatic carbocycles. The Bertz CT molecular complexity index is 578. The van der Waals surface area contributed by atoms with E-state index in [4.69, 9.17) is 11.6 Å². The van der Waals surface area contributed by atoms with Gasteiger partial charge < -0.3 is 10.2 Å². The van der Waals surface area contributed by atoms with Gasteiger partial charge in [0.05, 0.1) is 6.54 Å². The molecular weight excluding hydrogens is 326 g/mol. The lowest BCUT2D eigenvalue weighted by Gasteiger charge is -2.34. The Morgan fingerprint density at radius 3 is 2.38 bits per heavy atom. The fourth-order valence-electron chi connectivity index (χ4n) is 2.92. The second-order valence-electron chi connectivity index (χ2n) is 6.63. The summed E-state index contributed by atoms with van der Waals surface area (Å²) >= 11 is 5.87. The van der Waals surface area contributed by atoms with E-state index in [1.165, 1.54) is 0 Å². The van der Waals surface area contributed by atoms with Gasteiger partial charge >= 0.3 is 0 Å². The van der Waals surface area contributed by atoms with Crippen LogP contribution < -0.4 is 5.32 Å². The molecular formula is C18H24ClN3O2. The number of halogens is 1. The van der Waals surface area contributed by atoms with Crippen LogP contribution in [-0.2, 0) is 16.0 Å². The maximum absolute atomic E-state index is 12.3. The fraction of sp³-hybridized carbons (Fsp3) is 0.556. The molecule has 5 nitrogen and oxygen atoms in total. The zero-order valence-corrected chi connectivity index (χ0v) is 14.6. The van der Waals surface area contributed by atoms with Gasteiger partial charge in [0, 0.05) is 43.7 Å². The average molecular weight is 350 g/mol. The van der Waals surface area contributed by atoms with Gasteiger partial charge in [0.2, 0.25) is 11.8 Å². The molecule has 1 saturated heterocycles. The summed E-state index contributed by atoms with van der Waals surface area (Å²) in [7, 11) is 0. The Labute approximate surface area is 147 Å². The van der Waals surface area contributed by atoms with Crippen molar-refractivity contribution >= 4 is 23.4 Å². The number of carbonyl (C=O) groups is 2. The number of carbonyl (C=O) groups excluding carboxylic acids is 2. The minimum Gasteiger partial charge on any atom is -0.352 e. The number of hydrogen-bond donors (Lipinski definition) is 1. The molecule has 0 atom stereocenters. The van der Waals surface area contributed by atoms with Crippen molar-refractivity contribution in [3.05, 3.63) is 34.9 Å². The molecule has 1 saturated carbocycles. The molecule has 0 radical (unpaired) electrons. The third-order valence-electron chi connectivity index (χ3n) is 4.58. The van der Waals surface area contributed by atoms with Crippen LogP contribution in [0.5, 0.6) is 0 Å². The van der Waals surface area contributed by atoms with E-state index in [2.05, 4.69) is 10.2 Å². The SMILES string of the molecule is O=C(CN1CCN(C(=O)CCc2ccc(Cl)cc2)CC1)NC1CC1. The molecule has 3 rings (SSSR count). The van der Waals surface area contributed by atoms with E-state index in [1.807, 2.05) is 29.2 Å². The molecule has 24 heavy (non-hydrogen) atoms. The maximum atomic E-state index is 12.3. The second-order valence-corrected chi connectivity index (χ2v) is 7.06. The van der Waals surface area contributed by atoms with Gasteiger partial charge in [-0.3, -0.25) is 14.5 Å². The lowest BCUT2D eigenvalue weighted by Crippen LogP contribution is -2.51. The number of rotatable bonds is 6. The molecule has 1 aromatic rings. The first-order valence-corrected chi connectivity index (χ1v) is 9.02. The summed E-state index contributed by atoms with van der Waals surface area (Å²) in [6.07, 6.45) is 3.48. The molecule has 1 aliphatic carbocycles. The largest absolute Gasteiger partial charge is 0.352 e. The van der Waals surface area contributed by atoms with E-state index in [-0.39, 0.29) is 11.8 Å². The highest BCUT2D eigenvalue weighted by atomic mass is 35.5. The number of benzene rings is 1. The maximum Gasteiger partial charge on any atom is 0.234 e. The Balaban J connectivity index is 1.36. The van der Waals surface area contributed by atoms with E-state index in [0.29, 0.717) is 37.1 Å². The van der Waals surface area contributed by atoms with Crippen LogP contribution in [0.25, 0.3) is 0 Å². The van der Waals surface area contributed by atoms with Crippen LogP contribution in [0, 0.1) is 0 Å². The number of nitrogens with one attached hydrogen (secondary N) is 1. The zero-order valence-electron chi connectivity index (χ0n) is 13.8. The Hall–Kier alpha value is -1.59. The third-order valence-corrected chi connectivity index (χ3v) is 4.83. The van der Waals surface area contributed by atoms with E-state index >= 15 is 0 Å². The van der Waals surface area contributed by atoms with Gasteiger partial charge in [-0.25, -0.2) is 0 Å². The van der Waals surface area contributed by atoms with Gasteiger partial charge in [-0.2, -0.15) is 0 Å². The second kappa shape index (κ2) is 7.99. The van der Waals surface area contributed by atoms with Crippen molar-refractivity contribution in [2.75, 3.05) is 32.7 Å². The van der Waals surface area contributed by atoms with Crippen LogP contribution in [0.4, 0.5) is 0 Å². The number of piperazine rings is 1. The van der Waals surface area contributed by atoms with Crippen LogP contribution in [0.2, 0.25) is 5.02 Å². The van der Waals surface area contributed by atoms with Crippen LogP contribution in [0.3, 0.4) is 0 Å². The van der Waals surface area contributed by atoms with Gasteiger partial charge in [0.1, 0.15) is 0 Å². The fourth-order valence-corrected chi connectivity index (χ4v) is 3.05. The summed E-state index contributed by atoms with van der Waals surface area (Å²) < 4.78 is 0. The summed E-state index contributed by atoms with van der Waals surface area (Å²) in [5, 5.41) is 3.72. The molecule has 6 heteroatoms. The molecule has 2 aliphatic rings. The van der Waals surface area contributed by atoms with E-state index in [1.54, 1.807) is 0 Å². The van der Waals surface area contributed by atoms with Gasteiger partial charge in [-0.05, 0) is 37.0 Å². The van der Waals surface area contributed by atoms with Crippen LogP contribution >= 0.6 is 11.6 Å². The lowest BCUT2D eigenvalue weighted by atomic mass is 10.1. The number of aryl methyl sites for hydroxylation is 1. The lowest BCUT2D eigenvalue weighted by molar-refractivity contribution is -0.133. The zero-order chi connectivity index (χ0) is 16.9. The third kappa shape index (κ3) is 5.21. The normalized spacial score (nSPS) is 18.5. The van der Waals surface area contributed by atoms with Gasteiger partial charge in [-0.15, -0.1) is 0 Å². The van der Waals surface area contributed by atoms with Crippen LogP contribution in [-0.4, -0.2) is 60.4 Å². The molecule has 1 N–H and O–H groups in total. The van der Waals surface area contributed by atoms with Crippen molar-refractivity contribution in [2.24, 2.45) is 0 Å². The summed E-state index contributed by atoms with van der Waals surface area (Å²) in [5.74, 6) is 0.298. The minimum absolute atomic E-state index is 0.111. The predicted octanol–water partition coefficient (Wildman–Crippen LogP) is 1.70. The summed E-state index contributed by atoms with van der Waals surface area (Å²) in [5.41, 5.74) is 1.13. The van der Waals surface area contributed by atoms with Crippen molar-refractivity contribution in [1.82, 2.24) is 15.1 Å². The summed E-state index contributed by atoms with van der Waals surface area (Å²) in [6, 6.07) is 8.05. The van der Waals surface area contributed by atoms with E-state index in [0.717, 1.165) is 37.9 Å². The van der Waals surface area contributed by atoms with Crippen molar-refractivity contribution in [3.63, 3.8) is 0 Å². The average Bonchev–Trinajstić information content (AvgIpc) is 3.38. The highest BCUT2D eigenvalue weighted by molar-refractivity contribution is 6.30. The monoisotopic (exact) mass is 349 g/mol. The number of hydrogen-bond acceptors (Lipinski definition) is 3. The topological polar surface area (TPSA) is 52.7 Å². The quantitative estimate of drug-likeness (QED) is 0.850. The van der Waals surface area contributed by atoms with Crippen molar-refractivity contribution < 1.29 is 9.59 Å². The van der Waals surface area contributed by atoms with Gasteiger partial charge in [0.15, 0.2) is 0 Å². The highest BCUT2D eigenvalue weighted by Gasteiger charge is 2.26. The highest BCUT2D eigenvalue weighted by Crippen LogP contribution is 2.18. The predicted molar refractivity (Wildman–Crippen MR) is 94.0 cm³/mol. The Morgan fingerprint density at radius 2 is 1.75 bits per heavy atom. The van der Waals surface area contributed by atoms with E-state index < -0.39 is 0 Å². The van der Waals surface area contributed by atoms with E-state index in [9.17, 15) is 9.59 Å². The van der Waals surface area contributed by atoms with Crippen LogP contribution in [0.1, 0.15) is 24.8 Å². The summed E-state index contributed by atoms with van der Waals surface area (Å²) in [4.78, 5) is 28.2. The number of amides is 2. The minimum atomic E-state index is 0.111. The van der Waals surface area contributed by atoms with Crippen molar-refractivity contribution in [1.29, 1.82) is 0 Å². The standard InChI is InChI=1S/C18H24ClN3O2/c19-15-4-1-14(2-5-15)3-8-18(24)22-11-9-21(10-12-22)13-17(23)20-16-6-7-16/h1-2,4-5,16H,3,6-13H2,(H,20,23). The smallest absolute Gasteiger partial charge is 0.234 e. The first-order chi connectivity index (χ1) is 11.6. The number of nitrogens with zero attached hydrogens (tertiary/aromatic N) is 2. The molecule has 2 amide bonds. The summed E-state index contributed by atoms with van der Waals surface area (Å²) in [6.45, 7) is 3.39. The molecule has 1 heterocycles. The molecule has 0 aromatic heterocycles. The Morgan fingerprint density at radius 1 is 1.08 bits per heavy atom. The molecule has 1 aliphatic heterocycles. The van der Waals surface area contributed by atoms with Crippen molar-refractivity contribution in [2.45, 2.75) is 31.7 Å². The van der Waals surface area contributed by atoms with Crippen molar-refractivity contribution in [3.8, 4) is 0 Å². The Kier molecular flexibility index (Phi) is 5.74. The van der Waals surface area contributed by atoms with Crippen LogP contribution in [0.15, 0.2) is 24.3 Å². The first-order valence-electron chi connectivity index (χ1n) is 8.64. The van der Waals surface area contributed by atoms with Gasteiger partial charge in [-0.1, -0.05) is 23.7 Å². The molecule has 130 valence electrons. The first kappa shape index (κ1) is 17.2. The molecule has 0 unspecified atom stereocenters. The molecule has 2 fully saturated rings. The molecule has 0 bridgehead atoms. The van der Waals surface area contributed by atoms with Gasteiger partial charge in [0.25, 0.3) is 0 Å². The molecule has 0 spiro atoms.